The number of hydrogen-bond donors (Lipinski definition) is 1. The first kappa shape index (κ1) is 9.66. The third kappa shape index (κ3) is 5.79. The van der Waals surface area contributed by atoms with Gasteiger partial charge in [0.15, 0.2) is 0 Å². The maximum Gasteiger partial charge on any atom is 0.0686 e. The van der Waals surface area contributed by atoms with Crippen LogP contribution in [0, 0.1) is 5.92 Å². The van der Waals surface area contributed by atoms with E-state index >= 15 is 0 Å². The molecule has 0 saturated carbocycles. The van der Waals surface area contributed by atoms with Gasteiger partial charge in [-0.1, -0.05) is 20.4 Å². The topological polar surface area (TPSA) is 35.2 Å². The number of nitrogens with two attached hydrogens (primary N) is 1. The quantitative estimate of drug-likeness (QED) is 0.586. The van der Waals surface area contributed by atoms with Gasteiger partial charge in [0.05, 0.1) is 6.61 Å². The Balaban J connectivity index is 3.12. The molecule has 0 spiro atoms. The summed E-state index contributed by atoms with van der Waals surface area (Å²) < 4.78 is 5.27. The Kier molecular flexibility index (Phi) is 5.26. The van der Waals surface area contributed by atoms with Crippen molar-refractivity contribution in [2.45, 2.75) is 13.8 Å². The van der Waals surface area contributed by atoms with Crippen molar-refractivity contribution in [2.75, 3.05) is 19.8 Å². The second-order valence-electron chi connectivity index (χ2n) is 2.86. The summed E-state index contributed by atoms with van der Waals surface area (Å²) in [5.74, 6) is 0.588. The summed E-state index contributed by atoms with van der Waals surface area (Å²) >= 11 is 0. The molecule has 2 heteroatoms. The number of hydrogen-bond acceptors (Lipinski definition) is 2. The van der Waals surface area contributed by atoms with Crippen molar-refractivity contribution in [1.29, 1.82) is 0 Å². The SMILES string of the molecule is C=C(CN)COCC(C)C. The van der Waals surface area contributed by atoms with Crippen LogP contribution in [0.1, 0.15) is 13.8 Å². The minimum absolute atomic E-state index is 0.526. The van der Waals surface area contributed by atoms with E-state index in [1.807, 2.05) is 0 Å². The van der Waals surface area contributed by atoms with Crippen LogP contribution in [0.4, 0.5) is 0 Å². The van der Waals surface area contributed by atoms with Gasteiger partial charge in [0.1, 0.15) is 0 Å². The van der Waals surface area contributed by atoms with E-state index in [2.05, 4.69) is 20.4 Å². The average Bonchev–Trinajstić information content (AvgIpc) is 1.87. The Labute approximate surface area is 63.1 Å². The van der Waals surface area contributed by atoms with Crippen LogP contribution >= 0.6 is 0 Å². The van der Waals surface area contributed by atoms with E-state index in [4.69, 9.17) is 10.5 Å². The molecule has 0 rings (SSSR count). The highest BCUT2D eigenvalue weighted by Gasteiger charge is 1.94. The van der Waals surface area contributed by atoms with Gasteiger partial charge in [-0.05, 0) is 11.5 Å². The highest BCUT2D eigenvalue weighted by molar-refractivity contribution is 4.95. The molecule has 0 amide bonds. The lowest BCUT2D eigenvalue weighted by Crippen LogP contribution is -2.10. The summed E-state index contributed by atoms with van der Waals surface area (Å²) in [5.41, 5.74) is 6.27. The predicted molar refractivity (Wildman–Crippen MR) is 43.9 cm³/mol. The fourth-order valence-corrected chi connectivity index (χ4v) is 0.498. The second-order valence-corrected chi connectivity index (χ2v) is 2.86. The first-order chi connectivity index (χ1) is 4.66. The lowest BCUT2D eigenvalue weighted by molar-refractivity contribution is 0.129. The van der Waals surface area contributed by atoms with Crippen LogP contribution in [0.15, 0.2) is 12.2 Å². The van der Waals surface area contributed by atoms with E-state index in [0.29, 0.717) is 19.1 Å². The Morgan fingerprint density at radius 3 is 2.60 bits per heavy atom. The lowest BCUT2D eigenvalue weighted by Gasteiger charge is -2.06. The molecule has 0 atom stereocenters. The molecule has 10 heavy (non-hydrogen) atoms. The minimum atomic E-state index is 0.526. The van der Waals surface area contributed by atoms with Crippen molar-refractivity contribution in [3.05, 3.63) is 12.2 Å². The van der Waals surface area contributed by atoms with E-state index in [9.17, 15) is 0 Å². The van der Waals surface area contributed by atoms with Crippen LogP contribution < -0.4 is 5.73 Å². The van der Waals surface area contributed by atoms with Gasteiger partial charge in [-0.15, -0.1) is 0 Å². The fourth-order valence-electron chi connectivity index (χ4n) is 0.498. The van der Waals surface area contributed by atoms with E-state index < -0.39 is 0 Å². The summed E-state index contributed by atoms with van der Waals surface area (Å²) in [7, 11) is 0. The van der Waals surface area contributed by atoms with Crippen molar-refractivity contribution < 1.29 is 4.74 Å². The average molecular weight is 143 g/mol. The zero-order valence-corrected chi connectivity index (χ0v) is 6.89. The maximum absolute atomic E-state index is 5.31. The van der Waals surface area contributed by atoms with Crippen molar-refractivity contribution in [3.8, 4) is 0 Å². The highest BCUT2D eigenvalue weighted by atomic mass is 16.5. The first-order valence-corrected chi connectivity index (χ1v) is 3.61. The molecule has 60 valence electrons. The van der Waals surface area contributed by atoms with Crippen molar-refractivity contribution in [3.63, 3.8) is 0 Å². The summed E-state index contributed by atoms with van der Waals surface area (Å²) in [4.78, 5) is 0. The zero-order chi connectivity index (χ0) is 7.98. The Morgan fingerprint density at radius 2 is 2.20 bits per heavy atom. The lowest BCUT2D eigenvalue weighted by atomic mass is 10.2. The van der Waals surface area contributed by atoms with Gasteiger partial charge in [-0.3, -0.25) is 0 Å². The maximum atomic E-state index is 5.31. The van der Waals surface area contributed by atoms with Crippen LogP contribution in [0.3, 0.4) is 0 Å². The standard InChI is InChI=1S/C8H17NO/c1-7(2)5-10-6-8(3)4-9/h7H,3-6,9H2,1-2H3. The second kappa shape index (κ2) is 5.45. The molecule has 0 bridgehead atoms. The molecule has 0 aliphatic rings. The first-order valence-electron chi connectivity index (χ1n) is 3.61. The van der Waals surface area contributed by atoms with Crippen molar-refractivity contribution >= 4 is 0 Å². The molecule has 0 aromatic carbocycles. The Hall–Kier alpha value is -0.340. The molecule has 0 aromatic heterocycles. The van der Waals surface area contributed by atoms with Crippen LogP contribution in [-0.4, -0.2) is 19.8 Å². The van der Waals surface area contributed by atoms with Gasteiger partial charge in [0, 0.05) is 13.2 Å². The van der Waals surface area contributed by atoms with Crippen LogP contribution in [0.2, 0.25) is 0 Å². The van der Waals surface area contributed by atoms with Gasteiger partial charge < -0.3 is 10.5 Å². The van der Waals surface area contributed by atoms with E-state index in [1.54, 1.807) is 0 Å². The van der Waals surface area contributed by atoms with Gasteiger partial charge in [-0.25, -0.2) is 0 Å². The number of rotatable bonds is 5. The summed E-state index contributed by atoms with van der Waals surface area (Å²) in [5, 5.41) is 0. The summed E-state index contributed by atoms with van der Waals surface area (Å²) in [6, 6.07) is 0. The predicted octanol–water partition coefficient (Wildman–Crippen LogP) is 1.17. The summed E-state index contributed by atoms with van der Waals surface area (Å²) in [6.07, 6.45) is 0. The van der Waals surface area contributed by atoms with Gasteiger partial charge in [0.2, 0.25) is 0 Å². The highest BCUT2D eigenvalue weighted by Crippen LogP contribution is 1.94. The molecule has 0 aliphatic carbocycles. The molecule has 2 nitrogen and oxygen atoms in total. The molecule has 0 aliphatic heterocycles. The summed E-state index contributed by atoms with van der Waals surface area (Å²) in [6.45, 7) is 9.87. The Morgan fingerprint density at radius 1 is 1.60 bits per heavy atom. The molecule has 0 aromatic rings. The zero-order valence-electron chi connectivity index (χ0n) is 6.89. The Bertz CT molecular complexity index is 99.4. The van der Waals surface area contributed by atoms with E-state index in [-0.39, 0.29) is 0 Å². The third-order valence-electron chi connectivity index (χ3n) is 1.05. The van der Waals surface area contributed by atoms with Gasteiger partial charge in [-0.2, -0.15) is 0 Å². The van der Waals surface area contributed by atoms with Crippen molar-refractivity contribution in [2.24, 2.45) is 11.7 Å². The smallest absolute Gasteiger partial charge is 0.0686 e. The normalized spacial score (nSPS) is 10.4. The minimum Gasteiger partial charge on any atom is -0.377 e. The van der Waals surface area contributed by atoms with Gasteiger partial charge >= 0.3 is 0 Å². The molecule has 2 N–H and O–H groups in total. The van der Waals surface area contributed by atoms with Gasteiger partial charge in [0.25, 0.3) is 0 Å². The van der Waals surface area contributed by atoms with E-state index in [0.717, 1.165) is 12.2 Å². The fraction of sp³-hybridized carbons (Fsp3) is 0.750. The molecule has 0 fully saturated rings. The molecule has 0 unspecified atom stereocenters. The largest absolute Gasteiger partial charge is 0.377 e. The van der Waals surface area contributed by atoms with Crippen LogP contribution in [-0.2, 0) is 4.74 Å². The monoisotopic (exact) mass is 143 g/mol. The van der Waals surface area contributed by atoms with Crippen molar-refractivity contribution in [1.82, 2.24) is 0 Å². The molecular weight excluding hydrogens is 126 g/mol. The molecule has 0 radical (unpaired) electrons. The molecule has 0 saturated heterocycles. The molecule has 0 heterocycles. The van der Waals surface area contributed by atoms with E-state index in [1.165, 1.54) is 0 Å². The van der Waals surface area contributed by atoms with Crippen LogP contribution in [0.5, 0.6) is 0 Å². The van der Waals surface area contributed by atoms with Crippen LogP contribution in [0.25, 0.3) is 0 Å². The third-order valence-corrected chi connectivity index (χ3v) is 1.05. The molecular formula is C8H17NO. The number of ether oxygens (including phenoxy) is 1.